The molecule has 10 heteroatoms. The molecule has 1 amide bonds. The molecule has 3 N–H and O–H groups in total. The van der Waals surface area contributed by atoms with Crippen molar-refractivity contribution < 1.29 is 17.9 Å². The van der Waals surface area contributed by atoms with Crippen LogP contribution in [0, 0.1) is 0 Å². The number of nitrogens with one attached hydrogen (secondary N) is 1. The number of carbonyl (C=O) groups excluding carboxylic acids is 1. The molecular weight excluding hydrogens is 376 g/mol. The Labute approximate surface area is 153 Å². The lowest BCUT2D eigenvalue weighted by Gasteiger charge is -2.30. The monoisotopic (exact) mass is 390 g/mol. The van der Waals surface area contributed by atoms with Crippen molar-refractivity contribution in [2.45, 2.75) is 5.03 Å². The van der Waals surface area contributed by atoms with Crippen molar-refractivity contribution in [3.8, 4) is 16.2 Å². The molecule has 0 saturated heterocycles. The maximum Gasteiger partial charge on any atom is 0.281 e. The van der Waals surface area contributed by atoms with Crippen LogP contribution in [0.5, 0.6) is 5.75 Å². The average molecular weight is 390 g/mol. The zero-order chi connectivity index (χ0) is 18.3. The number of primary amides is 1. The molecule has 3 heterocycles. The third kappa shape index (κ3) is 2.72. The van der Waals surface area contributed by atoms with Gasteiger partial charge in [0.2, 0.25) is 0 Å². The number of thiophene rings is 1. The number of benzene rings is 1. The number of carbonyl (C=O) groups is 1. The Morgan fingerprint density at radius 1 is 1.31 bits per heavy atom. The maximum absolute atomic E-state index is 12.9. The lowest BCUT2D eigenvalue weighted by molar-refractivity contribution is 0.100. The van der Waals surface area contributed by atoms with Gasteiger partial charge < -0.3 is 15.5 Å². The normalized spacial score (nSPS) is 13.9. The minimum absolute atomic E-state index is 0.0166. The van der Waals surface area contributed by atoms with Crippen molar-refractivity contribution in [3.05, 3.63) is 47.7 Å². The number of rotatable bonds is 4. The molecule has 4 rings (SSSR count). The number of amides is 1. The Bertz CT molecular complexity index is 1070. The van der Waals surface area contributed by atoms with Crippen LogP contribution in [0.3, 0.4) is 0 Å². The zero-order valence-electron chi connectivity index (χ0n) is 13.4. The van der Waals surface area contributed by atoms with Gasteiger partial charge in [0, 0.05) is 4.88 Å². The van der Waals surface area contributed by atoms with E-state index in [0.717, 1.165) is 10.4 Å². The number of hydrogen-bond donors (Lipinski definition) is 2. The Hall–Kier alpha value is -2.85. The van der Waals surface area contributed by atoms with Gasteiger partial charge in [0.15, 0.2) is 5.03 Å². The second-order valence-electron chi connectivity index (χ2n) is 5.55. The van der Waals surface area contributed by atoms with Gasteiger partial charge in [-0.05, 0) is 35.9 Å². The molecule has 0 saturated carbocycles. The number of imidazole rings is 1. The van der Waals surface area contributed by atoms with E-state index in [4.69, 9.17) is 10.5 Å². The van der Waals surface area contributed by atoms with E-state index in [0.29, 0.717) is 16.3 Å². The van der Waals surface area contributed by atoms with Gasteiger partial charge in [0.05, 0.1) is 29.6 Å². The standard InChI is InChI=1S/C16H14N4O4S2/c17-16(21)14-4-3-13(25-14)10-1-2-12-11(7-10)20(5-6-24-12)26(22,23)15-8-18-9-19-15/h1-4,7-9H,5-6H2,(H2,17,21)(H,18,19). The number of nitrogens with zero attached hydrogens (tertiary/aromatic N) is 2. The number of aromatic nitrogens is 2. The average Bonchev–Trinajstić information content (AvgIpc) is 3.32. The number of aromatic amines is 1. The fourth-order valence-corrected chi connectivity index (χ4v) is 4.93. The molecule has 3 aromatic rings. The first-order chi connectivity index (χ1) is 12.5. The quantitative estimate of drug-likeness (QED) is 0.704. The lowest BCUT2D eigenvalue weighted by Crippen LogP contribution is -2.38. The summed E-state index contributed by atoms with van der Waals surface area (Å²) >= 11 is 1.25. The first kappa shape index (κ1) is 16.6. The Morgan fingerprint density at radius 3 is 2.85 bits per heavy atom. The zero-order valence-corrected chi connectivity index (χ0v) is 15.0. The first-order valence-electron chi connectivity index (χ1n) is 7.65. The Kier molecular flexibility index (Phi) is 3.93. The van der Waals surface area contributed by atoms with Crippen molar-refractivity contribution in [1.29, 1.82) is 0 Å². The topological polar surface area (TPSA) is 118 Å². The van der Waals surface area contributed by atoms with Gasteiger partial charge in [0.1, 0.15) is 12.4 Å². The van der Waals surface area contributed by atoms with Gasteiger partial charge in [-0.2, -0.15) is 8.42 Å². The fourth-order valence-electron chi connectivity index (χ4n) is 2.72. The fraction of sp³-hybridized carbons (Fsp3) is 0.125. The molecule has 1 aliphatic heterocycles. The largest absolute Gasteiger partial charge is 0.489 e. The highest BCUT2D eigenvalue weighted by Gasteiger charge is 2.31. The Balaban J connectivity index is 1.79. The van der Waals surface area contributed by atoms with Crippen LogP contribution in [0.1, 0.15) is 9.67 Å². The number of fused-ring (bicyclic) bond motifs is 1. The van der Waals surface area contributed by atoms with E-state index in [9.17, 15) is 13.2 Å². The van der Waals surface area contributed by atoms with Crippen molar-refractivity contribution in [3.63, 3.8) is 0 Å². The van der Waals surface area contributed by atoms with Crippen molar-refractivity contribution in [2.75, 3.05) is 17.5 Å². The van der Waals surface area contributed by atoms with Crippen LogP contribution in [0.2, 0.25) is 0 Å². The number of sulfonamides is 1. The van der Waals surface area contributed by atoms with Crippen LogP contribution in [-0.2, 0) is 10.0 Å². The number of hydrogen-bond acceptors (Lipinski definition) is 6. The highest BCUT2D eigenvalue weighted by Crippen LogP contribution is 2.39. The van der Waals surface area contributed by atoms with Crippen LogP contribution in [-0.4, -0.2) is 37.4 Å². The van der Waals surface area contributed by atoms with Crippen molar-refractivity contribution in [2.24, 2.45) is 5.73 Å². The number of H-pyrrole nitrogens is 1. The molecule has 0 atom stereocenters. The summed E-state index contributed by atoms with van der Waals surface area (Å²) in [5.41, 5.74) is 6.52. The third-order valence-electron chi connectivity index (χ3n) is 3.95. The molecule has 0 radical (unpaired) electrons. The number of ether oxygens (including phenoxy) is 1. The molecule has 0 unspecified atom stereocenters. The highest BCUT2D eigenvalue weighted by molar-refractivity contribution is 7.92. The summed E-state index contributed by atoms with van der Waals surface area (Å²) in [5.74, 6) is -0.0132. The predicted octanol–water partition coefficient (Wildman–Crippen LogP) is 1.82. The summed E-state index contributed by atoms with van der Waals surface area (Å²) in [6.07, 6.45) is 2.59. The van der Waals surface area contributed by atoms with E-state index in [1.54, 1.807) is 24.3 Å². The second kappa shape index (κ2) is 6.15. The van der Waals surface area contributed by atoms with E-state index in [1.807, 2.05) is 6.07 Å². The van der Waals surface area contributed by atoms with E-state index < -0.39 is 15.9 Å². The van der Waals surface area contributed by atoms with Crippen LogP contribution >= 0.6 is 11.3 Å². The predicted molar refractivity (Wildman–Crippen MR) is 96.9 cm³/mol. The minimum Gasteiger partial charge on any atom is -0.489 e. The van der Waals surface area contributed by atoms with Gasteiger partial charge in [-0.25, -0.2) is 4.98 Å². The van der Waals surface area contributed by atoms with Crippen LogP contribution < -0.4 is 14.8 Å². The Morgan fingerprint density at radius 2 is 2.15 bits per heavy atom. The molecule has 0 aliphatic carbocycles. The molecule has 8 nitrogen and oxygen atoms in total. The van der Waals surface area contributed by atoms with Gasteiger partial charge in [-0.15, -0.1) is 11.3 Å². The molecule has 1 aromatic carbocycles. The first-order valence-corrected chi connectivity index (χ1v) is 9.90. The molecule has 1 aliphatic rings. The van der Waals surface area contributed by atoms with Gasteiger partial charge in [-0.3, -0.25) is 9.10 Å². The molecule has 0 bridgehead atoms. The SMILES string of the molecule is NC(=O)c1ccc(-c2ccc3c(c2)N(S(=O)(=O)c2cnc[nH]2)CCO3)s1. The molecular formula is C16H14N4O4S2. The molecule has 2 aromatic heterocycles. The summed E-state index contributed by atoms with van der Waals surface area (Å²) in [6, 6.07) is 8.71. The van der Waals surface area contributed by atoms with E-state index in [1.165, 1.54) is 28.2 Å². The molecule has 134 valence electrons. The van der Waals surface area contributed by atoms with Gasteiger partial charge >= 0.3 is 0 Å². The summed E-state index contributed by atoms with van der Waals surface area (Å²) in [4.78, 5) is 19.0. The maximum atomic E-state index is 12.9. The highest BCUT2D eigenvalue weighted by atomic mass is 32.2. The van der Waals surface area contributed by atoms with Crippen LogP contribution in [0.25, 0.3) is 10.4 Å². The van der Waals surface area contributed by atoms with Crippen molar-refractivity contribution >= 4 is 33.0 Å². The summed E-state index contributed by atoms with van der Waals surface area (Å²) < 4.78 is 32.7. The second-order valence-corrected chi connectivity index (χ2v) is 8.47. The van der Waals surface area contributed by atoms with Crippen LogP contribution in [0.15, 0.2) is 47.9 Å². The molecule has 0 fully saturated rings. The lowest BCUT2D eigenvalue weighted by atomic mass is 10.1. The minimum atomic E-state index is -3.77. The summed E-state index contributed by atoms with van der Waals surface area (Å²) in [7, 11) is -3.77. The van der Waals surface area contributed by atoms with Crippen molar-refractivity contribution in [1.82, 2.24) is 9.97 Å². The van der Waals surface area contributed by atoms with Crippen LogP contribution in [0.4, 0.5) is 5.69 Å². The molecule has 26 heavy (non-hydrogen) atoms. The molecule has 0 spiro atoms. The van der Waals surface area contributed by atoms with E-state index in [2.05, 4.69) is 9.97 Å². The summed E-state index contributed by atoms with van der Waals surface area (Å²) in [6.45, 7) is 0.444. The third-order valence-corrected chi connectivity index (χ3v) is 6.84. The number of anilines is 1. The number of nitrogens with two attached hydrogens (primary N) is 1. The summed E-state index contributed by atoms with van der Waals surface area (Å²) in [5, 5.41) is 0.0166. The van der Waals surface area contributed by atoms with Gasteiger partial charge in [-0.1, -0.05) is 0 Å². The van der Waals surface area contributed by atoms with E-state index in [-0.39, 0.29) is 18.2 Å². The smallest absolute Gasteiger partial charge is 0.281 e. The van der Waals surface area contributed by atoms with Gasteiger partial charge in [0.25, 0.3) is 15.9 Å². The van der Waals surface area contributed by atoms with E-state index >= 15 is 0 Å².